The molecular formula is C15H22N4O. The van der Waals surface area contributed by atoms with Crippen LogP contribution < -0.4 is 15.8 Å². The quantitative estimate of drug-likeness (QED) is 0.894. The van der Waals surface area contributed by atoms with Crippen LogP contribution in [0.3, 0.4) is 0 Å². The van der Waals surface area contributed by atoms with Gasteiger partial charge in [0.15, 0.2) is 5.82 Å². The van der Waals surface area contributed by atoms with E-state index >= 15 is 0 Å². The molecule has 1 aromatic heterocycles. The molecule has 3 atom stereocenters. The summed E-state index contributed by atoms with van der Waals surface area (Å²) in [5.41, 5.74) is 0.112. The third-order valence-corrected chi connectivity index (χ3v) is 5.20. The molecule has 2 saturated heterocycles. The molecule has 1 N–H and O–H groups in total. The summed E-state index contributed by atoms with van der Waals surface area (Å²) < 4.78 is 1.89. The zero-order valence-electron chi connectivity index (χ0n) is 12.0. The number of fused-ring (bicyclic) bond motifs is 1. The first-order valence-electron chi connectivity index (χ1n) is 7.84. The molecule has 0 radical (unpaired) electrons. The third-order valence-electron chi connectivity index (χ3n) is 5.20. The van der Waals surface area contributed by atoms with Crippen molar-refractivity contribution in [2.45, 2.75) is 38.3 Å². The predicted molar refractivity (Wildman–Crippen MR) is 78.0 cm³/mol. The second kappa shape index (κ2) is 4.58. The number of hydrogen-bond acceptors (Lipinski definition) is 4. The van der Waals surface area contributed by atoms with Crippen molar-refractivity contribution in [3.05, 3.63) is 22.7 Å². The summed E-state index contributed by atoms with van der Waals surface area (Å²) in [7, 11) is 0. The van der Waals surface area contributed by atoms with Gasteiger partial charge in [-0.15, -0.1) is 0 Å². The van der Waals surface area contributed by atoms with Crippen LogP contribution in [0, 0.1) is 11.8 Å². The maximum Gasteiger partial charge on any atom is 0.293 e. The lowest BCUT2D eigenvalue weighted by Gasteiger charge is -2.27. The van der Waals surface area contributed by atoms with Crippen LogP contribution in [0.4, 0.5) is 5.82 Å². The molecule has 1 saturated carbocycles. The standard InChI is InChI=1S/C15H22N4O/c1-2-13-12-8-16-7-10(12)9-19(13)14-15(20)18(6-5-17-14)11-3-4-11/h5-6,10-13,16H,2-4,7-9H2,1H3. The van der Waals surface area contributed by atoms with Crippen molar-refractivity contribution < 1.29 is 0 Å². The van der Waals surface area contributed by atoms with Crippen LogP contribution in [-0.4, -0.2) is 35.2 Å². The lowest BCUT2D eigenvalue weighted by atomic mass is 9.93. The third kappa shape index (κ3) is 1.79. The molecule has 3 aliphatic rings. The van der Waals surface area contributed by atoms with Crippen molar-refractivity contribution in [1.82, 2.24) is 14.9 Å². The van der Waals surface area contributed by atoms with E-state index in [4.69, 9.17) is 0 Å². The van der Waals surface area contributed by atoms with Crippen molar-refractivity contribution in [2.24, 2.45) is 11.8 Å². The molecule has 2 aliphatic heterocycles. The van der Waals surface area contributed by atoms with Crippen molar-refractivity contribution in [3.8, 4) is 0 Å². The van der Waals surface area contributed by atoms with Gasteiger partial charge in [-0.2, -0.15) is 0 Å². The van der Waals surface area contributed by atoms with Crippen LogP contribution in [0.2, 0.25) is 0 Å². The average molecular weight is 274 g/mol. The van der Waals surface area contributed by atoms with Gasteiger partial charge < -0.3 is 14.8 Å². The van der Waals surface area contributed by atoms with E-state index in [0.717, 1.165) is 38.9 Å². The minimum absolute atomic E-state index is 0.112. The largest absolute Gasteiger partial charge is 0.348 e. The molecule has 108 valence electrons. The molecule has 5 heteroatoms. The summed E-state index contributed by atoms with van der Waals surface area (Å²) in [6, 6.07) is 0.887. The van der Waals surface area contributed by atoms with Gasteiger partial charge in [0.1, 0.15) is 0 Å². The van der Waals surface area contributed by atoms with Crippen LogP contribution in [0.25, 0.3) is 0 Å². The van der Waals surface area contributed by atoms with E-state index in [9.17, 15) is 4.79 Å². The van der Waals surface area contributed by atoms with E-state index in [1.54, 1.807) is 6.20 Å². The first-order chi connectivity index (χ1) is 9.79. The monoisotopic (exact) mass is 274 g/mol. The van der Waals surface area contributed by atoms with Crippen molar-refractivity contribution in [3.63, 3.8) is 0 Å². The molecule has 3 unspecified atom stereocenters. The lowest BCUT2D eigenvalue weighted by molar-refractivity contribution is 0.441. The number of aromatic nitrogens is 2. The molecule has 0 amide bonds. The summed E-state index contributed by atoms with van der Waals surface area (Å²) in [4.78, 5) is 19.4. The van der Waals surface area contributed by atoms with Gasteiger partial charge in [0.25, 0.3) is 5.56 Å². The molecule has 5 nitrogen and oxygen atoms in total. The molecule has 3 heterocycles. The molecule has 0 aromatic carbocycles. The van der Waals surface area contributed by atoms with E-state index in [0.29, 0.717) is 29.7 Å². The molecule has 1 aliphatic carbocycles. The number of rotatable bonds is 3. The van der Waals surface area contributed by atoms with Crippen LogP contribution in [-0.2, 0) is 0 Å². The Balaban J connectivity index is 1.70. The topological polar surface area (TPSA) is 50.2 Å². The van der Waals surface area contributed by atoms with E-state index in [1.807, 2.05) is 10.8 Å². The Hall–Kier alpha value is -1.36. The van der Waals surface area contributed by atoms with Gasteiger partial charge >= 0.3 is 0 Å². The van der Waals surface area contributed by atoms with Crippen molar-refractivity contribution in [1.29, 1.82) is 0 Å². The molecule has 1 aromatic rings. The summed E-state index contributed by atoms with van der Waals surface area (Å²) in [5.74, 6) is 2.03. The van der Waals surface area contributed by atoms with Gasteiger partial charge in [-0.05, 0) is 31.1 Å². The number of anilines is 1. The zero-order chi connectivity index (χ0) is 13.7. The summed E-state index contributed by atoms with van der Waals surface area (Å²) in [5, 5.41) is 3.48. The van der Waals surface area contributed by atoms with E-state index < -0.39 is 0 Å². The first kappa shape index (κ1) is 12.4. The Labute approximate surface area is 119 Å². The lowest BCUT2D eigenvalue weighted by Crippen LogP contribution is -2.40. The minimum Gasteiger partial charge on any atom is -0.348 e. The Morgan fingerprint density at radius 3 is 3.00 bits per heavy atom. The summed E-state index contributed by atoms with van der Waals surface area (Å²) in [6.45, 7) is 5.37. The Kier molecular flexibility index (Phi) is 2.84. The Bertz CT molecular complexity index is 565. The van der Waals surface area contributed by atoms with Gasteiger partial charge in [0, 0.05) is 44.1 Å². The highest BCUT2D eigenvalue weighted by Crippen LogP contribution is 2.37. The van der Waals surface area contributed by atoms with Gasteiger partial charge in [-0.1, -0.05) is 6.92 Å². The number of nitrogens with zero attached hydrogens (tertiary/aromatic N) is 3. The van der Waals surface area contributed by atoms with Crippen LogP contribution in [0.1, 0.15) is 32.2 Å². The van der Waals surface area contributed by atoms with Crippen LogP contribution >= 0.6 is 0 Å². The highest BCUT2D eigenvalue weighted by atomic mass is 16.1. The maximum absolute atomic E-state index is 12.7. The van der Waals surface area contributed by atoms with Crippen molar-refractivity contribution >= 4 is 5.82 Å². The second-order valence-electron chi connectivity index (χ2n) is 6.40. The van der Waals surface area contributed by atoms with E-state index in [-0.39, 0.29) is 5.56 Å². The van der Waals surface area contributed by atoms with Crippen LogP contribution in [0.15, 0.2) is 17.2 Å². The Morgan fingerprint density at radius 2 is 2.25 bits per heavy atom. The first-order valence-corrected chi connectivity index (χ1v) is 7.84. The predicted octanol–water partition coefficient (Wildman–Crippen LogP) is 1.01. The fraction of sp³-hybridized carbons (Fsp3) is 0.733. The molecule has 3 fully saturated rings. The normalized spacial score (nSPS) is 32.6. The fourth-order valence-corrected chi connectivity index (χ4v) is 4.04. The van der Waals surface area contributed by atoms with Gasteiger partial charge in [-0.3, -0.25) is 4.79 Å². The molecule has 20 heavy (non-hydrogen) atoms. The summed E-state index contributed by atoms with van der Waals surface area (Å²) in [6.07, 6.45) is 7.00. The SMILES string of the molecule is CCC1C2CNCC2CN1c1nccn(C2CC2)c1=O. The number of nitrogens with one attached hydrogen (secondary N) is 1. The molecule has 0 spiro atoms. The van der Waals surface area contributed by atoms with E-state index in [2.05, 4.69) is 22.1 Å². The number of hydrogen-bond donors (Lipinski definition) is 1. The Morgan fingerprint density at radius 1 is 1.40 bits per heavy atom. The molecule has 4 rings (SSSR count). The highest BCUT2D eigenvalue weighted by Gasteiger charge is 2.44. The van der Waals surface area contributed by atoms with Gasteiger partial charge in [-0.25, -0.2) is 4.98 Å². The maximum atomic E-state index is 12.7. The minimum atomic E-state index is 0.112. The van der Waals surface area contributed by atoms with Crippen molar-refractivity contribution in [2.75, 3.05) is 24.5 Å². The van der Waals surface area contributed by atoms with Gasteiger partial charge in [0.05, 0.1) is 0 Å². The van der Waals surface area contributed by atoms with E-state index in [1.165, 1.54) is 0 Å². The zero-order valence-corrected chi connectivity index (χ0v) is 12.0. The summed E-state index contributed by atoms with van der Waals surface area (Å²) >= 11 is 0. The smallest absolute Gasteiger partial charge is 0.293 e. The fourth-order valence-electron chi connectivity index (χ4n) is 4.04. The van der Waals surface area contributed by atoms with Crippen LogP contribution in [0.5, 0.6) is 0 Å². The highest BCUT2D eigenvalue weighted by molar-refractivity contribution is 5.40. The average Bonchev–Trinajstić information content (AvgIpc) is 3.08. The molecular weight excluding hydrogens is 252 g/mol. The van der Waals surface area contributed by atoms with Gasteiger partial charge in [0.2, 0.25) is 0 Å². The molecule has 0 bridgehead atoms. The second-order valence-corrected chi connectivity index (χ2v) is 6.40.